The van der Waals surface area contributed by atoms with Crippen molar-refractivity contribution in [1.29, 1.82) is 0 Å². The summed E-state index contributed by atoms with van der Waals surface area (Å²) < 4.78 is 84.7. The van der Waals surface area contributed by atoms with Gasteiger partial charge in [-0.15, -0.1) is 11.3 Å². The average Bonchev–Trinajstić information content (AvgIpc) is 3.64. The lowest BCUT2D eigenvalue weighted by Crippen LogP contribution is -2.54. The number of methoxy groups -OCH3 is 1. The van der Waals surface area contributed by atoms with E-state index in [4.69, 9.17) is 21.1 Å². The van der Waals surface area contributed by atoms with Crippen LogP contribution in [0, 0.1) is 9.39 Å². The van der Waals surface area contributed by atoms with E-state index in [0.717, 1.165) is 32.8 Å². The highest BCUT2D eigenvalue weighted by Gasteiger charge is 2.27. The van der Waals surface area contributed by atoms with Crippen molar-refractivity contribution in [3.63, 3.8) is 0 Å². The van der Waals surface area contributed by atoms with Crippen molar-refractivity contribution >= 4 is 88.3 Å². The summed E-state index contributed by atoms with van der Waals surface area (Å²) in [6, 6.07) is 26.4. The third kappa shape index (κ3) is 12.0. The molecular weight excluding hydrogens is 974 g/mol. The molecule has 12 nitrogen and oxygen atoms in total. The maximum absolute atomic E-state index is 14.9. The van der Waals surface area contributed by atoms with Gasteiger partial charge in [0.05, 0.1) is 44.9 Å². The number of rotatable bonds is 12. The second-order valence-electron chi connectivity index (χ2n) is 15.2. The van der Waals surface area contributed by atoms with Gasteiger partial charge in [-0.2, -0.15) is 0 Å². The smallest absolute Gasteiger partial charge is 0.262 e. The highest BCUT2D eigenvalue weighted by molar-refractivity contribution is 14.1. The van der Waals surface area contributed by atoms with Gasteiger partial charge in [0, 0.05) is 70.5 Å². The van der Waals surface area contributed by atoms with Crippen molar-refractivity contribution in [2.75, 3.05) is 59.1 Å². The summed E-state index contributed by atoms with van der Waals surface area (Å²) in [4.78, 5) is 5.45. The molecule has 61 heavy (non-hydrogen) atoms. The molecule has 2 saturated heterocycles. The number of halogens is 3. The minimum atomic E-state index is -3.93. The standard InChI is InChI=1S/C23H25ClFN3O3S2.C20H26IN3O3S/c1-14-12-28(13-15(2)26-14)20-11-19(21(31-3)10-18(20)25)27-33(29,30)17-6-4-16(5-7-17)22-8-9-23(24)32-22;1-4-27-20-10-7-17(24-12-14(2)22-15(3)13-24)11-19(20)23-28(25,26)18-8-5-16(21)6-9-18/h4-11,14-15,26-27H,12-13H2,1-3H3;5-11,14-15,22-23H,4,12-13H2,1-3H3/t2*14-,15+. The van der Waals surface area contributed by atoms with E-state index < -0.39 is 25.9 Å². The number of ether oxygens (including phenoxy) is 2. The zero-order valence-electron chi connectivity index (χ0n) is 34.7. The van der Waals surface area contributed by atoms with E-state index in [0.29, 0.717) is 53.2 Å². The van der Waals surface area contributed by atoms with Gasteiger partial charge in [0.25, 0.3) is 20.0 Å². The average molecular weight is 1030 g/mol. The van der Waals surface area contributed by atoms with Gasteiger partial charge in [-0.05, 0) is 136 Å². The van der Waals surface area contributed by atoms with Crippen LogP contribution in [-0.4, -0.2) is 80.9 Å². The molecule has 4 atom stereocenters. The number of hydrogen-bond donors (Lipinski definition) is 4. The maximum atomic E-state index is 14.9. The van der Waals surface area contributed by atoms with E-state index in [1.54, 1.807) is 42.5 Å². The predicted octanol–water partition coefficient (Wildman–Crippen LogP) is 8.88. The van der Waals surface area contributed by atoms with Crippen molar-refractivity contribution in [1.82, 2.24) is 10.6 Å². The Kier molecular flexibility index (Phi) is 15.4. The number of sulfonamides is 2. The molecule has 3 heterocycles. The molecule has 0 saturated carbocycles. The lowest BCUT2D eigenvalue weighted by atomic mass is 10.1. The van der Waals surface area contributed by atoms with Crippen LogP contribution in [0.2, 0.25) is 4.34 Å². The number of nitrogens with zero attached hydrogens (tertiary/aromatic N) is 2. The summed E-state index contributed by atoms with van der Waals surface area (Å²) in [5.74, 6) is 0.174. The van der Waals surface area contributed by atoms with E-state index >= 15 is 0 Å². The number of piperazine rings is 2. The summed E-state index contributed by atoms with van der Waals surface area (Å²) in [5, 5.41) is 6.92. The highest BCUT2D eigenvalue weighted by Crippen LogP contribution is 2.37. The van der Waals surface area contributed by atoms with Crippen molar-refractivity contribution in [2.45, 2.75) is 68.6 Å². The molecule has 1 aromatic heterocycles. The largest absolute Gasteiger partial charge is 0.494 e. The van der Waals surface area contributed by atoms with Crippen molar-refractivity contribution in [3.8, 4) is 21.9 Å². The van der Waals surface area contributed by atoms with Crippen LogP contribution in [0.15, 0.2) is 101 Å². The Morgan fingerprint density at radius 3 is 1.77 bits per heavy atom. The first kappa shape index (κ1) is 46.6. The van der Waals surface area contributed by atoms with E-state index in [9.17, 15) is 21.2 Å². The quantitative estimate of drug-likeness (QED) is 0.0897. The molecule has 0 radical (unpaired) electrons. The molecule has 7 rings (SSSR count). The molecule has 2 aliphatic heterocycles. The maximum Gasteiger partial charge on any atom is 0.262 e. The van der Waals surface area contributed by atoms with Gasteiger partial charge in [0.15, 0.2) is 0 Å². The fourth-order valence-electron chi connectivity index (χ4n) is 7.46. The molecule has 0 amide bonds. The van der Waals surface area contributed by atoms with E-state index in [1.807, 2.05) is 49.9 Å². The molecule has 0 aliphatic carbocycles. The molecule has 2 fully saturated rings. The number of hydrogen-bond acceptors (Lipinski definition) is 11. The van der Waals surface area contributed by atoms with E-state index in [-0.39, 0.29) is 33.3 Å². The van der Waals surface area contributed by atoms with E-state index in [2.05, 4.69) is 61.4 Å². The van der Waals surface area contributed by atoms with Gasteiger partial charge in [-0.3, -0.25) is 9.44 Å². The SMILES string of the molecule is CCOc1ccc(N2C[C@@H](C)N[C@@H](C)C2)cc1NS(=O)(=O)c1ccc(I)cc1.COc1cc(F)c(N2C[C@@H](C)N[C@@H](C)C2)cc1NS(=O)(=O)c1ccc(-c2ccc(Cl)s2)cc1. The Balaban J connectivity index is 0.000000207. The number of benzene rings is 4. The Morgan fingerprint density at radius 1 is 0.738 bits per heavy atom. The zero-order chi connectivity index (χ0) is 44.1. The summed E-state index contributed by atoms with van der Waals surface area (Å²) in [6.45, 7) is 13.6. The lowest BCUT2D eigenvalue weighted by Gasteiger charge is -2.38. The molecule has 18 heteroatoms. The van der Waals surface area contributed by atoms with Crippen LogP contribution in [0.3, 0.4) is 0 Å². The fraction of sp³-hybridized carbons (Fsp3) is 0.349. The summed E-state index contributed by atoms with van der Waals surface area (Å²) in [5.41, 5.74) is 2.82. The molecule has 0 unspecified atom stereocenters. The Labute approximate surface area is 381 Å². The molecule has 0 spiro atoms. The zero-order valence-corrected chi connectivity index (χ0v) is 40.1. The minimum Gasteiger partial charge on any atom is -0.494 e. The first-order chi connectivity index (χ1) is 28.9. The molecule has 4 N–H and O–H groups in total. The lowest BCUT2D eigenvalue weighted by molar-refractivity contribution is 0.342. The van der Waals surface area contributed by atoms with Gasteiger partial charge in [0.2, 0.25) is 0 Å². The summed E-state index contributed by atoms with van der Waals surface area (Å²) in [6.07, 6.45) is 0. The minimum absolute atomic E-state index is 0.0891. The van der Waals surface area contributed by atoms with Crippen LogP contribution in [0.25, 0.3) is 10.4 Å². The Hall–Kier alpha value is -3.85. The summed E-state index contributed by atoms with van der Waals surface area (Å²) >= 11 is 9.56. The van der Waals surface area contributed by atoms with Crippen molar-refractivity contribution in [2.24, 2.45) is 0 Å². The van der Waals surface area contributed by atoms with Crippen LogP contribution < -0.4 is 39.4 Å². The van der Waals surface area contributed by atoms with Crippen LogP contribution in [0.5, 0.6) is 11.5 Å². The van der Waals surface area contributed by atoms with Gasteiger partial charge in [-0.25, -0.2) is 21.2 Å². The van der Waals surface area contributed by atoms with Crippen LogP contribution >= 0.6 is 45.5 Å². The van der Waals surface area contributed by atoms with Crippen LogP contribution in [0.4, 0.5) is 27.1 Å². The normalized spacial score (nSPS) is 19.4. The number of nitrogens with one attached hydrogen (secondary N) is 4. The monoisotopic (exact) mass is 1020 g/mol. The Bertz CT molecular complexity index is 2490. The third-order valence-corrected chi connectivity index (χ3v) is 14.7. The Morgan fingerprint density at radius 2 is 1.26 bits per heavy atom. The number of anilines is 4. The fourth-order valence-corrected chi connectivity index (χ4v) is 11.0. The molecule has 4 aromatic carbocycles. The molecule has 0 bridgehead atoms. The van der Waals surface area contributed by atoms with Crippen LogP contribution in [0.1, 0.15) is 34.6 Å². The molecule has 2 aliphatic rings. The first-order valence-electron chi connectivity index (χ1n) is 19.8. The second kappa shape index (κ2) is 20.1. The highest BCUT2D eigenvalue weighted by atomic mass is 127. The third-order valence-electron chi connectivity index (χ3n) is 9.99. The topological polar surface area (TPSA) is 141 Å². The number of thiophene rings is 1. The van der Waals surface area contributed by atoms with Crippen molar-refractivity contribution in [3.05, 3.63) is 105 Å². The van der Waals surface area contributed by atoms with Gasteiger partial charge >= 0.3 is 0 Å². The van der Waals surface area contributed by atoms with Crippen molar-refractivity contribution < 1.29 is 30.7 Å². The van der Waals surface area contributed by atoms with Gasteiger partial charge in [0.1, 0.15) is 17.3 Å². The molecular formula is C43H51ClFIN6O6S3. The second-order valence-corrected chi connectivity index (χ2v) is 21.5. The van der Waals surface area contributed by atoms with Gasteiger partial charge in [-0.1, -0.05) is 23.7 Å². The summed E-state index contributed by atoms with van der Waals surface area (Å²) in [7, 11) is -6.25. The van der Waals surface area contributed by atoms with E-state index in [1.165, 1.54) is 42.7 Å². The molecule has 328 valence electrons. The van der Waals surface area contributed by atoms with Gasteiger partial charge < -0.3 is 29.9 Å². The predicted molar refractivity (Wildman–Crippen MR) is 255 cm³/mol. The van der Waals surface area contributed by atoms with Crippen LogP contribution in [-0.2, 0) is 20.0 Å². The first-order valence-corrected chi connectivity index (χ1v) is 25.0. The molecule has 5 aromatic rings.